The van der Waals surface area contributed by atoms with Gasteiger partial charge in [0.2, 0.25) is 0 Å². The van der Waals surface area contributed by atoms with Crippen molar-refractivity contribution < 1.29 is 0 Å². The minimum atomic E-state index is 0.781. The number of rotatable bonds is 6. The molecular weight excluding hydrogens is 220 g/mol. The smallest absolute Gasteiger partial charge is 0.0597 e. The van der Waals surface area contributed by atoms with Gasteiger partial charge in [-0.05, 0) is 24.6 Å². The van der Waals surface area contributed by atoms with E-state index >= 15 is 0 Å². The number of nitrogens with zero attached hydrogens (tertiary/aromatic N) is 1. The Morgan fingerprint density at radius 1 is 1.25 bits per heavy atom. The fourth-order valence-corrected chi connectivity index (χ4v) is 1.81. The predicted molar refractivity (Wildman–Crippen MR) is 73.8 cm³/mol. The molecule has 0 heterocycles. The van der Waals surface area contributed by atoms with Crippen molar-refractivity contribution in [1.29, 1.82) is 0 Å². The maximum atomic E-state index is 6.00. The number of hydrogen-bond donors (Lipinski definition) is 1. The van der Waals surface area contributed by atoms with Crippen LogP contribution in [-0.4, -0.2) is 20.6 Å². The second-order valence-electron chi connectivity index (χ2n) is 4.19. The van der Waals surface area contributed by atoms with Gasteiger partial charge in [0.05, 0.1) is 11.4 Å². The molecule has 2 nitrogen and oxygen atoms in total. The largest absolute Gasteiger partial charge is 0.383 e. The van der Waals surface area contributed by atoms with Gasteiger partial charge >= 0.3 is 0 Å². The molecule has 0 aliphatic rings. The minimum absolute atomic E-state index is 0.781. The van der Waals surface area contributed by atoms with Crippen LogP contribution in [-0.2, 0) is 0 Å². The first-order valence-electron chi connectivity index (χ1n) is 5.86. The SMILES string of the molecule is CCCCCNc1cc(Cl)ccc1N(C)C. The van der Waals surface area contributed by atoms with Gasteiger partial charge in [-0.25, -0.2) is 0 Å². The summed E-state index contributed by atoms with van der Waals surface area (Å²) < 4.78 is 0. The summed E-state index contributed by atoms with van der Waals surface area (Å²) in [6.45, 7) is 3.22. The summed E-state index contributed by atoms with van der Waals surface area (Å²) in [6.07, 6.45) is 3.72. The average Bonchev–Trinajstić information content (AvgIpc) is 2.24. The lowest BCUT2D eigenvalue weighted by Crippen LogP contribution is -2.12. The number of anilines is 2. The molecule has 16 heavy (non-hydrogen) atoms. The third-order valence-electron chi connectivity index (χ3n) is 2.54. The molecule has 0 fully saturated rings. The molecule has 0 aromatic heterocycles. The number of benzene rings is 1. The zero-order chi connectivity index (χ0) is 12.0. The molecule has 0 aliphatic carbocycles. The van der Waals surface area contributed by atoms with Gasteiger partial charge in [0.15, 0.2) is 0 Å². The number of halogens is 1. The molecule has 1 aromatic rings. The molecule has 0 atom stereocenters. The first kappa shape index (κ1) is 13.2. The Balaban J connectivity index is 2.65. The fraction of sp³-hybridized carbons (Fsp3) is 0.538. The van der Waals surface area contributed by atoms with E-state index in [1.54, 1.807) is 0 Å². The molecule has 0 bridgehead atoms. The van der Waals surface area contributed by atoms with E-state index in [4.69, 9.17) is 11.6 Å². The third kappa shape index (κ3) is 3.93. The molecule has 0 amide bonds. The normalized spacial score (nSPS) is 10.2. The zero-order valence-corrected chi connectivity index (χ0v) is 11.1. The molecule has 1 N–H and O–H groups in total. The lowest BCUT2D eigenvalue weighted by atomic mass is 10.2. The van der Waals surface area contributed by atoms with Gasteiger partial charge in [0.25, 0.3) is 0 Å². The molecule has 1 rings (SSSR count). The van der Waals surface area contributed by atoms with Crippen molar-refractivity contribution in [1.82, 2.24) is 0 Å². The van der Waals surface area contributed by atoms with Crippen molar-refractivity contribution >= 4 is 23.0 Å². The number of hydrogen-bond acceptors (Lipinski definition) is 2. The summed E-state index contributed by atoms with van der Waals surface area (Å²) in [6, 6.07) is 5.96. The minimum Gasteiger partial charge on any atom is -0.383 e. The van der Waals surface area contributed by atoms with E-state index in [9.17, 15) is 0 Å². The van der Waals surface area contributed by atoms with Crippen molar-refractivity contribution in [2.75, 3.05) is 30.9 Å². The second kappa shape index (κ2) is 6.64. The van der Waals surface area contributed by atoms with Crippen LogP contribution in [0, 0.1) is 0 Å². The van der Waals surface area contributed by atoms with E-state index in [-0.39, 0.29) is 0 Å². The van der Waals surface area contributed by atoms with Crippen LogP contribution in [0.4, 0.5) is 11.4 Å². The number of unbranched alkanes of at least 4 members (excludes halogenated alkanes) is 2. The summed E-state index contributed by atoms with van der Waals surface area (Å²) >= 11 is 6.00. The van der Waals surface area contributed by atoms with Crippen LogP contribution in [0.3, 0.4) is 0 Å². The molecule has 90 valence electrons. The monoisotopic (exact) mass is 240 g/mol. The molecule has 0 saturated carbocycles. The standard InChI is InChI=1S/C13H21ClN2/c1-4-5-6-9-15-12-10-11(14)7-8-13(12)16(2)3/h7-8,10,15H,4-6,9H2,1-3H3. The first-order valence-corrected chi connectivity index (χ1v) is 6.23. The Bertz CT molecular complexity index is 324. The van der Waals surface area contributed by atoms with Crippen LogP contribution in [0.15, 0.2) is 18.2 Å². The van der Waals surface area contributed by atoms with Crippen LogP contribution in [0.25, 0.3) is 0 Å². The van der Waals surface area contributed by atoms with Gasteiger partial charge in [0, 0.05) is 25.7 Å². The summed E-state index contributed by atoms with van der Waals surface area (Å²) in [7, 11) is 4.08. The van der Waals surface area contributed by atoms with Gasteiger partial charge in [-0.15, -0.1) is 0 Å². The van der Waals surface area contributed by atoms with Gasteiger partial charge < -0.3 is 10.2 Å². The van der Waals surface area contributed by atoms with Crippen LogP contribution in [0.1, 0.15) is 26.2 Å². The Morgan fingerprint density at radius 3 is 2.62 bits per heavy atom. The van der Waals surface area contributed by atoms with Gasteiger partial charge in [-0.3, -0.25) is 0 Å². The van der Waals surface area contributed by atoms with E-state index in [0.717, 1.165) is 17.3 Å². The van der Waals surface area contributed by atoms with Gasteiger partial charge in [-0.1, -0.05) is 31.4 Å². The molecule has 3 heteroatoms. The summed E-state index contributed by atoms with van der Waals surface area (Å²) in [4.78, 5) is 2.10. The topological polar surface area (TPSA) is 15.3 Å². The third-order valence-corrected chi connectivity index (χ3v) is 2.77. The average molecular weight is 241 g/mol. The Labute approximate surface area is 104 Å². The number of nitrogens with one attached hydrogen (secondary N) is 1. The molecule has 0 spiro atoms. The zero-order valence-electron chi connectivity index (χ0n) is 10.4. The predicted octanol–water partition coefficient (Wildman–Crippen LogP) is 4.01. The van der Waals surface area contributed by atoms with E-state index < -0.39 is 0 Å². The van der Waals surface area contributed by atoms with Gasteiger partial charge in [-0.2, -0.15) is 0 Å². The van der Waals surface area contributed by atoms with E-state index in [0.29, 0.717) is 0 Å². The second-order valence-corrected chi connectivity index (χ2v) is 4.63. The van der Waals surface area contributed by atoms with Gasteiger partial charge in [0.1, 0.15) is 0 Å². The van der Waals surface area contributed by atoms with Crippen LogP contribution < -0.4 is 10.2 Å². The fourth-order valence-electron chi connectivity index (χ4n) is 1.64. The highest BCUT2D eigenvalue weighted by molar-refractivity contribution is 6.31. The van der Waals surface area contributed by atoms with Crippen LogP contribution in [0.5, 0.6) is 0 Å². The van der Waals surface area contributed by atoms with E-state index in [2.05, 4.69) is 17.1 Å². The summed E-state index contributed by atoms with van der Waals surface area (Å²) in [5.41, 5.74) is 2.30. The van der Waals surface area contributed by atoms with Crippen LogP contribution in [0.2, 0.25) is 5.02 Å². The van der Waals surface area contributed by atoms with Crippen LogP contribution >= 0.6 is 11.6 Å². The maximum Gasteiger partial charge on any atom is 0.0597 e. The first-order chi connectivity index (χ1) is 7.65. The lowest BCUT2D eigenvalue weighted by molar-refractivity contribution is 0.743. The molecule has 1 aromatic carbocycles. The van der Waals surface area contributed by atoms with Crippen molar-refractivity contribution in [2.45, 2.75) is 26.2 Å². The van der Waals surface area contributed by atoms with E-state index in [1.165, 1.54) is 24.9 Å². The summed E-state index contributed by atoms with van der Waals surface area (Å²) in [5.74, 6) is 0. The highest BCUT2D eigenvalue weighted by Crippen LogP contribution is 2.27. The molecule has 0 radical (unpaired) electrons. The van der Waals surface area contributed by atoms with Crippen molar-refractivity contribution in [3.05, 3.63) is 23.2 Å². The lowest BCUT2D eigenvalue weighted by Gasteiger charge is -2.18. The maximum absolute atomic E-state index is 6.00. The van der Waals surface area contributed by atoms with E-state index in [1.807, 2.05) is 32.3 Å². The Morgan fingerprint density at radius 2 is 2.00 bits per heavy atom. The quantitative estimate of drug-likeness (QED) is 0.756. The molecule has 0 saturated heterocycles. The Kier molecular flexibility index (Phi) is 5.47. The van der Waals surface area contributed by atoms with Crippen molar-refractivity contribution in [3.63, 3.8) is 0 Å². The molecular formula is C13H21ClN2. The highest BCUT2D eigenvalue weighted by atomic mass is 35.5. The van der Waals surface area contributed by atoms with Crippen molar-refractivity contribution in [2.24, 2.45) is 0 Å². The highest BCUT2D eigenvalue weighted by Gasteiger charge is 2.04. The Hall–Kier alpha value is -0.890. The van der Waals surface area contributed by atoms with Crippen molar-refractivity contribution in [3.8, 4) is 0 Å². The molecule has 0 aliphatic heterocycles. The molecule has 0 unspecified atom stereocenters. The summed E-state index contributed by atoms with van der Waals surface area (Å²) in [5, 5.41) is 4.23.